The first-order chi connectivity index (χ1) is 10.7. The molecule has 3 nitrogen and oxygen atoms in total. The quantitative estimate of drug-likeness (QED) is 0.480. The van der Waals surface area contributed by atoms with Gasteiger partial charge in [0.1, 0.15) is 5.52 Å². The molecule has 0 N–H and O–H groups in total. The van der Waals surface area contributed by atoms with Crippen LogP contribution in [0.4, 0.5) is 0 Å². The van der Waals surface area contributed by atoms with E-state index < -0.39 is 0 Å². The second kappa shape index (κ2) is 5.20. The van der Waals surface area contributed by atoms with Gasteiger partial charge in [-0.25, -0.2) is 4.98 Å². The molecule has 2 aromatic heterocycles. The Morgan fingerprint density at radius 1 is 0.955 bits per heavy atom. The van der Waals surface area contributed by atoms with Crippen molar-refractivity contribution >= 4 is 34.3 Å². The molecular formula is C17H10Cl2N2O. The van der Waals surface area contributed by atoms with E-state index >= 15 is 0 Å². The van der Waals surface area contributed by atoms with Crippen molar-refractivity contribution in [3.8, 4) is 17.1 Å². The lowest BCUT2D eigenvalue weighted by Crippen LogP contribution is -1.88. The minimum atomic E-state index is 0.465. The fourth-order valence-electron chi connectivity index (χ4n) is 2.36. The van der Waals surface area contributed by atoms with E-state index in [2.05, 4.69) is 4.98 Å². The van der Waals surface area contributed by atoms with E-state index in [0.717, 1.165) is 11.2 Å². The van der Waals surface area contributed by atoms with Gasteiger partial charge in [0.25, 0.3) is 0 Å². The van der Waals surface area contributed by atoms with Crippen molar-refractivity contribution in [1.29, 1.82) is 0 Å². The standard InChI is InChI=1S/C17H10Cl2N2O/c18-11-3-5-14(19)13(9-11)17-20-15-10-12(4-6-16(15)22-17)21-7-1-2-8-21/h1-10H. The summed E-state index contributed by atoms with van der Waals surface area (Å²) in [7, 11) is 0. The number of nitrogens with zero attached hydrogens (tertiary/aromatic N) is 2. The third kappa shape index (κ3) is 2.28. The summed E-state index contributed by atoms with van der Waals surface area (Å²) in [4.78, 5) is 4.53. The molecule has 0 atom stereocenters. The number of hydrogen-bond acceptors (Lipinski definition) is 2. The van der Waals surface area contributed by atoms with Crippen molar-refractivity contribution < 1.29 is 4.42 Å². The predicted molar refractivity (Wildman–Crippen MR) is 88.8 cm³/mol. The Bertz CT molecular complexity index is 958. The third-order valence-electron chi connectivity index (χ3n) is 3.43. The molecule has 0 fully saturated rings. The molecule has 4 aromatic rings. The van der Waals surface area contributed by atoms with Gasteiger partial charge in [0, 0.05) is 23.1 Å². The zero-order valence-corrected chi connectivity index (χ0v) is 12.8. The summed E-state index contributed by atoms with van der Waals surface area (Å²) < 4.78 is 7.81. The van der Waals surface area contributed by atoms with Gasteiger partial charge in [-0.05, 0) is 48.5 Å². The Hall–Kier alpha value is -2.23. The number of halogens is 2. The SMILES string of the molecule is Clc1ccc(Cl)c(-c2nc3cc(-n4cccc4)ccc3o2)c1. The maximum absolute atomic E-state index is 6.21. The van der Waals surface area contributed by atoms with Crippen LogP contribution >= 0.6 is 23.2 Å². The molecular weight excluding hydrogens is 319 g/mol. The zero-order chi connectivity index (χ0) is 15.1. The van der Waals surface area contributed by atoms with Gasteiger partial charge < -0.3 is 8.98 Å². The van der Waals surface area contributed by atoms with Crippen molar-refractivity contribution in [2.45, 2.75) is 0 Å². The maximum atomic E-state index is 6.21. The Balaban J connectivity index is 1.85. The first-order valence-corrected chi connectivity index (χ1v) is 7.46. The molecule has 0 amide bonds. The molecule has 4 rings (SSSR count). The highest BCUT2D eigenvalue weighted by Gasteiger charge is 2.12. The highest BCUT2D eigenvalue weighted by molar-refractivity contribution is 6.35. The van der Waals surface area contributed by atoms with E-state index in [0.29, 0.717) is 27.1 Å². The van der Waals surface area contributed by atoms with E-state index in [1.54, 1.807) is 18.2 Å². The van der Waals surface area contributed by atoms with Gasteiger partial charge in [-0.1, -0.05) is 23.2 Å². The molecule has 0 aliphatic heterocycles. The van der Waals surface area contributed by atoms with Crippen LogP contribution in [-0.4, -0.2) is 9.55 Å². The van der Waals surface area contributed by atoms with Crippen LogP contribution < -0.4 is 0 Å². The molecule has 0 saturated heterocycles. The van der Waals surface area contributed by atoms with Crippen LogP contribution in [-0.2, 0) is 0 Å². The van der Waals surface area contributed by atoms with Gasteiger partial charge in [-0.3, -0.25) is 0 Å². The minimum Gasteiger partial charge on any atom is -0.436 e. The molecule has 22 heavy (non-hydrogen) atoms. The first-order valence-electron chi connectivity index (χ1n) is 6.70. The van der Waals surface area contributed by atoms with E-state index in [1.165, 1.54) is 0 Å². The number of aromatic nitrogens is 2. The minimum absolute atomic E-state index is 0.465. The highest BCUT2D eigenvalue weighted by Crippen LogP contribution is 2.32. The van der Waals surface area contributed by atoms with Crippen LogP contribution in [0.5, 0.6) is 0 Å². The zero-order valence-electron chi connectivity index (χ0n) is 11.3. The lowest BCUT2D eigenvalue weighted by molar-refractivity contribution is 0.620. The molecule has 0 saturated carbocycles. The van der Waals surface area contributed by atoms with Gasteiger partial charge in [0.15, 0.2) is 5.58 Å². The number of hydrogen-bond donors (Lipinski definition) is 0. The van der Waals surface area contributed by atoms with Gasteiger partial charge >= 0.3 is 0 Å². The molecule has 0 radical (unpaired) electrons. The topological polar surface area (TPSA) is 31.0 Å². The molecule has 0 spiro atoms. The van der Waals surface area contributed by atoms with Crippen LogP contribution in [0.1, 0.15) is 0 Å². The van der Waals surface area contributed by atoms with Crippen molar-refractivity contribution in [3.63, 3.8) is 0 Å². The lowest BCUT2D eigenvalue weighted by atomic mass is 10.2. The largest absolute Gasteiger partial charge is 0.436 e. The van der Waals surface area contributed by atoms with Crippen LogP contribution in [0.25, 0.3) is 28.2 Å². The van der Waals surface area contributed by atoms with E-state index in [-0.39, 0.29) is 0 Å². The maximum Gasteiger partial charge on any atom is 0.228 e. The van der Waals surface area contributed by atoms with E-state index in [4.69, 9.17) is 27.6 Å². The summed E-state index contributed by atoms with van der Waals surface area (Å²) in [5.74, 6) is 0.465. The Morgan fingerprint density at radius 2 is 1.77 bits per heavy atom. The highest BCUT2D eigenvalue weighted by atomic mass is 35.5. The Labute approximate surface area is 136 Å². The summed E-state index contributed by atoms with van der Waals surface area (Å²) in [6, 6.07) is 15.0. The van der Waals surface area contributed by atoms with E-state index in [9.17, 15) is 0 Å². The van der Waals surface area contributed by atoms with Crippen molar-refractivity contribution in [2.24, 2.45) is 0 Å². The molecule has 0 aliphatic carbocycles. The molecule has 2 heterocycles. The van der Waals surface area contributed by atoms with Crippen LogP contribution in [0.15, 0.2) is 65.3 Å². The van der Waals surface area contributed by atoms with Gasteiger partial charge in [-0.2, -0.15) is 0 Å². The second-order valence-electron chi connectivity index (χ2n) is 4.89. The van der Waals surface area contributed by atoms with Gasteiger partial charge in [0.2, 0.25) is 5.89 Å². The average Bonchev–Trinajstić information content (AvgIpc) is 3.17. The molecule has 2 aromatic carbocycles. The predicted octanol–water partition coefficient (Wildman–Crippen LogP) is 5.59. The Morgan fingerprint density at radius 3 is 2.59 bits per heavy atom. The van der Waals surface area contributed by atoms with Crippen molar-refractivity contribution in [2.75, 3.05) is 0 Å². The van der Waals surface area contributed by atoms with Crippen molar-refractivity contribution in [3.05, 3.63) is 71.0 Å². The number of oxazole rings is 1. The average molecular weight is 329 g/mol. The fourth-order valence-corrected chi connectivity index (χ4v) is 2.73. The molecule has 5 heteroatoms. The number of rotatable bonds is 2. The van der Waals surface area contributed by atoms with Crippen LogP contribution in [0, 0.1) is 0 Å². The summed E-state index contributed by atoms with van der Waals surface area (Å²) in [6.45, 7) is 0. The lowest BCUT2D eigenvalue weighted by Gasteiger charge is -2.00. The third-order valence-corrected chi connectivity index (χ3v) is 4.00. The monoisotopic (exact) mass is 328 g/mol. The number of fused-ring (bicyclic) bond motifs is 1. The molecule has 108 valence electrons. The van der Waals surface area contributed by atoms with Gasteiger partial charge in [0.05, 0.1) is 10.6 Å². The molecule has 0 bridgehead atoms. The fraction of sp³-hybridized carbons (Fsp3) is 0. The second-order valence-corrected chi connectivity index (χ2v) is 5.73. The summed E-state index contributed by atoms with van der Waals surface area (Å²) in [6.07, 6.45) is 3.96. The summed E-state index contributed by atoms with van der Waals surface area (Å²) >= 11 is 12.2. The number of benzene rings is 2. The smallest absolute Gasteiger partial charge is 0.228 e. The van der Waals surface area contributed by atoms with Crippen molar-refractivity contribution in [1.82, 2.24) is 9.55 Å². The summed E-state index contributed by atoms with van der Waals surface area (Å²) in [5, 5.41) is 1.15. The first kappa shape index (κ1) is 13.4. The van der Waals surface area contributed by atoms with Gasteiger partial charge in [-0.15, -0.1) is 0 Å². The van der Waals surface area contributed by atoms with Crippen LogP contribution in [0.2, 0.25) is 10.0 Å². The van der Waals surface area contributed by atoms with Crippen LogP contribution in [0.3, 0.4) is 0 Å². The van der Waals surface area contributed by atoms with E-state index in [1.807, 2.05) is 47.3 Å². The Kier molecular flexibility index (Phi) is 3.17. The normalized spacial score (nSPS) is 11.2. The molecule has 0 unspecified atom stereocenters. The molecule has 0 aliphatic rings. The summed E-state index contributed by atoms with van der Waals surface area (Å²) in [5.41, 5.74) is 3.20.